The summed E-state index contributed by atoms with van der Waals surface area (Å²) in [6.45, 7) is 2.36. The maximum Gasteiger partial charge on any atom is 0.273 e. The van der Waals surface area contributed by atoms with Crippen molar-refractivity contribution in [2.45, 2.75) is 6.92 Å². The molecule has 1 aliphatic heterocycles. The number of ether oxygens (including phenoxy) is 2. The van der Waals surface area contributed by atoms with E-state index in [1.54, 1.807) is 36.3 Å². The molecule has 0 radical (unpaired) electrons. The van der Waals surface area contributed by atoms with Crippen LogP contribution in [-0.2, 0) is 4.79 Å². The van der Waals surface area contributed by atoms with Gasteiger partial charge in [0.15, 0.2) is 5.17 Å². The van der Waals surface area contributed by atoms with Gasteiger partial charge in [-0.15, -0.1) is 0 Å². The third-order valence-corrected chi connectivity index (χ3v) is 6.07. The number of nitro benzene ring substituents is 1. The van der Waals surface area contributed by atoms with E-state index in [9.17, 15) is 14.9 Å². The standard InChI is InChI=1S/C24H21N3O6S/c1-4-26-23(28)22(34-24(26)25-15-5-8-17(31-2)9-6-15)14-18-10-12-20(33-18)19-11-7-16(27(29)30)13-21(19)32-3/h5-14H,4H2,1-3H3/b22-14+,25-24?. The summed E-state index contributed by atoms with van der Waals surface area (Å²) >= 11 is 1.27. The average Bonchev–Trinajstić information content (AvgIpc) is 3.43. The van der Waals surface area contributed by atoms with Crippen LogP contribution in [-0.4, -0.2) is 41.7 Å². The van der Waals surface area contributed by atoms with Gasteiger partial charge < -0.3 is 13.9 Å². The van der Waals surface area contributed by atoms with Crippen LogP contribution in [0.15, 0.2) is 68.9 Å². The monoisotopic (exact) mass is 479 g/mol. The molecule has 9 nitrogen and oxygen atoms in total. The molecule has 10 heteroatoms. The molecule has 1 amide bonds. The molecule has 174 valence electrons. The van der Waals surface area contributed by atoms with Crippen LogP contribution in [0.3, 0.4) is 0 Å². The summed E-state index contributed by atoms with van der Waals surface area (Å²) in [6.07, 6.45) is 1.66. The number of amides is 1. The molecule has 0 atom stereocenters. The van der Waals surface area contributed by atoms with Crippen LogP contribution in [0.1, 0.15) is 12.7 Å². The summed E-state index contributed by atoms with van der Waals surface area (Å²) in [5.74, 6) is 1.82. The van der Waals surface area contributed by atoms with Crippen LogP contribution < -0.4 is 9.47 Å². The molecule has 0 N–H and O–H groups in total. The van der Waals surface area contributed by atoms with E-state index >= 15 is 0 Å². The lowest BCUT2D eigenvalue weighted by molar-refractivity contribution is -0.384. The number of carbonyl (C=O) groups excluding carboxylic acids is 1. The van der Waals surface area contributed by atoms with Gasteiger partial charge in [0.2, 0.25) is 0 Å². The van der Waals surface area contributed by atoms with Crippen LogP contribution in [0.4, 0.5) is 11.4 Å². The van der Waals surface area contributed by atoms with E-state index in [1.807, 2.05) is 31.2 Å². The normalized spacial score (nSPS) is 15.9. The Labute approximate surface area is 199 Å². The molecule has 34 heavy (non-hydrogen) atoms. The Balaban J connectivity index is 1.61. The summed E-state index contributed by atoms with van der Waals surface area (Å²) < 4.78 is 16.4. The number of benzene rings is 2. The number of methoxy groups -OCH3 is 2. The lowest BCUT2D eigenvalue weighted by Gasteiger charge is -2.12. The Kier molecular flexibility index (Phi) is 6.69. The number of carbonyl (C=O) groups is 1. The van der Waals surface area contributed by atoms with Gasteiger partial charge in [0, 0.05) is 18.7 Å². The number of nitrogens with zero attached hydrogens (tertiary/aromatic N) is 3. The van der Waals surface area contributed by atoms with E-state index in [0.717, 1.165) is 5.75 Å². The number of furan rings is 1. The first kappa shape index (κ1) is 23.1. The Hall–Kier alpha value is -4.05. The van der Waals surface area contributed by atoms with E-state index in [4.69, 9.17) is 13.9 Å². The van der Waals surface area contributed by atoms with Gasteiger partial charge in [-0.2, -0.15) is 0 Å². The minimum Gasteiger partial charge on any atom is -0.497 e. The lowest BCUT2D eigenvalue weighted by atomic mass is 10.1. The number of thioether (sulfide) groups is 1. The second-order valence-corrected chi connectivity index (χ2v) is 8.11. The molecular formula is C24H21N3O6S. The van der Waals surface area contributed by atoms with Crippen molar-refractivity contribution in [2.24, 2.45) is 4.99 Å². The molecule has 0 spiro atoms. The number of likely N-dealkylation sites (N-methyl/N-ethyl adjacent to an activating group) is 1. The van der Waals surface area contributed by atoms with Crippen LogP contribution >= 0.6 is 11.8 Å². The predicted octanol–water partition coefficient (Wildman–Crippen LogP) is 5.50. The number of aliphatic imine (C=N–C) groups is 1. The number of nitro groups is 1. The molecule has 1 aromatic heterocycles. The Bertz CT molecular complexity index is 1300. The first-order chi connectivity index (χ1) is 16.4. The summed E-state index contributed by atoms with van der Waals surface area (Å²) in [5.41, 5.74) is 1.20. The van der Waals surface area contributed by atoms with E-state index in [1.165, 1.54) is 31.0 Å². The minimum atomic E-state index is -0.488. The SMILES string of the molecule is CCN1C(=O)/C(=C\c2ccc(-c3ccc([N+](=O)[O-])cc3OC)o2)SC1=Nc1ccc(OC)cc1. The molecule has 2 aromatic carbocycles. The van der Waals surface area contributed by atoms with Crippen molar-refractivity contribution in [3.63, 3.8) is 0 Å². The maximum atomic E-state index is 12.9. The van der Waals surface area contributed by atoms with Gasteiger partial charge in [-0.05, 0) is 61.2 Å². The second-order valence-electron chi connectivity index (χ2n) is 7.10. The summed E-state index contributed by atoms with van der Waals surface area (Å²) in [6, 6.07) is 15.0. The lowest BCUT2D eigenvalue weighted by Crippen LogP contribution is -2.28. The smallest absolute Gasteiger partial charge is 0.273 e. The fourth-order valence-electron chi connectivity index (χ4n) is 3.34. The zero-order chi connectivity index (χ0) is 24.2. The highest BCUT2D eigenvalue weighted by molar-refractivity contribution is 8.18. The molecule has 1 fully saturated rings. The molecule has 4 rings (SSSR count). The molecule has 3 aromatic rings. The van der Waals surface area contributed by atoms with Crippen molar-refractivity contribution in [1.29, 1.82) is 0 Å². The maximum absolute atomic E-state index is 12.9. The van der Waals surface area contributed by atoms with Crippen molar-refractivity contribution in [1.82, 2.24) is 4.90 Å². The van der Waals surface area contributed by atoms with Gasteiger partial charge in [0.05, 0.1) is 41.4 Å². The van der Waals surface area contributed by atoms with Crippen molar-refractivity contribution in [3.05, 3.63) is 75.4 Å². The van der Waals surface area contributed by atoms with E-state index in [-0.39, 0.29) is 11.6 Å². The Morgan fingerprint density at radius 3 is 2.53 bits per heavy atom. The van der Waals surface area contributed by atoms with Crippen molar-refractivity contribution < 1.29 is 23.6 Å². The highest BCUT2D eigenvalue weighted by Gasteiger charge is 2.32. The number of hydrogen-bond acceptors (Lipinski definition) is 8. The summed E-state index contributed by atoms with van der Waals surface area (Å²) in [4.78, 5) is 30.2. The van der Waals surface area contributed by atoms with Gasteiger partial charge in [0.25, 0.3) is 11.6 Å². The Morgan fingerprint density at radius 2 is 1.88 bits per heavy atom. The quantitative estimate of drug-likeness (QED) is 0.250. The number of hydrogen-bond donors (Lipinski definition) is 0. The first-order valence-electron chi connectivity index (χ1n) is 10.3. The number of rotatable bonds is 7. The molecule has 0 bridgehead atoms. The first-order valence-corrected chi connectivity index (χ1v) is 11.1. The average molecular weight is 480 g/mol. The zero-order valence-corrected chi connectivity index (χ0v) is 19.5. The largest absolute Gasteiger partial charge is 0.497 e. The van der Waals surface area contributed by atoms with E-state index in [0.29, 0.717) is 45.1 Å². The molecule has 1 saturated heterocycles. The highest BCUT2D eigenvalue weighted by atomic mass is 32.2. The third-order valence-electron chi connectivity index (χ3n) is 5.06. The topological polar surface area (TPSA) is 107 Å². The van der Waals surface area contributed by atoms with E-state index in [2.05, 4.69) is 4.99 Å². The summed E-state index contributed by atoms with van der Waals surface area (Å²) in [7, 11) is 3.03. The van der Waals surface area contributed by atoms with Gasteiger partial charge >= 0.3 is 0 Å². The van der Waals surface area contributed by atoms with E-state index < -0.39 is 4.92 Å². The minimum absolute atomic E-state index is 0.0780. The highest BCUT2D eigenvalue weighted by Crippen LogP contribution is 2.37. The molecule has 1 aliphatic rings. The van der Waals surface area contributed by atoms with Gasteiger partial charge in [-0.3, -0.25) is 19.8 Å². The zero-order valence-electron chi connectivity index (χ0n) is 18.7. The fourth-order valence-corrected chi connectivity index (χ4v) is 4.38. The number of amidine groups is 1. The van der Waals surface area contributed by atoms with Crippen LogP contribution in [0.5, 0.6) is 11.5 Å². The van der Waals surface area contributed by atoms with Crippen LogP contribution in [0.25, 0.3) is 17.4 Å². The Morgan fingerprint density at radius 1 is 1.12 bits per heavy atom. The summed E-state index contributed by atoms with van der Waals surface area (Å²) in [5, 5.41) is 11.6. The number of non-ortho nitro benzene ring substituents is 1. The van der Waals surface area contributed by atoms with Crippen molar-refractivity contribution in [3.8, 4) is 22.8 Å². The molecule has 2 heterocycles. The molecule has 0 saturated carbocycles. The second kappa shape index (κ2) is 9.84. The molecular weight excluding hydrogens is 458 g/mol. The van der Waals surface area contributed by atoms with Crippen molar-refractivity contribution >= 4 is 40.3 Å². The van der Waals surface area contributed by atoms with Crippen LogP contribution in [0.2, 0.25) is 0 Å². The van der Waals surface area contributed by atoms with Crippen LogP contribution in [0, 0.1) is 10.1 Å². The van der Waals surface area contributed by atoms with Gasteiger partial charge in [-0.1, -0.05) is 0 Å². The van der Waals surface area contributed by atoms with Crippen molar-refractivity contribution in [2.75, 3.05) is 20.8 Å². The van der Waals surface area contributed by atoms with Gasteiger partial charge in [-0.25, -0.2) is 4.99 Å². The third kappa shape index (κ3) is 4.67. The molecule has 0 unspecified atom stereocenters. The molecule has 0 aliphatic carbocycles. The fraction of sp³-hybridized carbons (Fsp3) is 0.167. The predicted molar refractivity (Wildman–Crippen MR) is 130 cm³/mol. The van der Waals surface area contributed by atoms with Gasteiger partial charge in [0.1, 0.15) is 23.0 Å².